The Kier molecular flexibility index (Phi) is 3.54. The van der Waals surface area contributed by atoms with E-state index in [9.17, 15) is 9.18 Å². The Labute approximate surface area is 103 Å². The highest BCUT2D eigenvalue weighted by atomic mass is 32.2. The summed E-state index contributed by atoms with van der Waals surface area (Å²) < 4.78 is 13.4. The fourth-order valence-electron chi connectivity index (χ4n) is 1.29. The fourth-order valence-corrected chi connectivity index (χ4v) is 2.07. The number of hydrogen-bond acceptors (Lipinski definition) is 3. The molecule has 0 aliphatic rings. The van der Waals surface area contributed by atoms with Crippen LogP contribution in [0.4, 0.5) is 4.39 Å². The first-order valence-electron chi connectivity index (χ1n) is 5.06. The first-order chi connectivity index (χ1) is 8.16. The predicted molar refractivity (Wildman–Crippen MR) is 64.8 cm³/mol. The highest BCUT2D eigenvalue weighted by Gasteiger charge is 2.05. The lowest BCUT2D eigenvalue weighted by Gasteiger charge is -2.02. The van der Waals surface area contributed by atoms with E-state index in [0.717, 1.165) is 0 Å². The lowest BCUT2D eigenvalue weighted by molar-refractivity contribution is 0.101. The number of carbonyl (C=O) groups is 1. The Hall–Kier alpha value is -1.68. The average molecular weight is 247 g/mol. The highest BCUT2D eigenvalue weighted by molar-refractivity contribution is 7.99. The number of benzene rings is 1. The summed E-state index contributed by atoms with van der Waals surface area (Å²) >= 11 is 1.24. The number of hydrogen-bond donors (Lipinski definition) is 0. The zero-order valence-corrected chi connectivity index (χ0v) is 10.00. The van der Waals surface area contributed by atoms with Crippen LogP contribution in [-0.4, -0.2) is 10.8 Å². The molecule has 2 rings (SSSR count). The van der Waals surface area contributed by atoms with Crippen LogP contribution >= 0.6 is 11.8 Å². The number of carbonyl (C=O) groups excluding carboxylic acids is 1. The number of halogens is 1. The van der Waals surface area contributed by atoms with E-state index in [2.05, 4.69) is 4.98 Å². The molecule has 0 amide bonds. The third-order valence-electron chi connectivity index (χ3n) is 2.19. The third-order valence-corrected chi connectivity index (χ3v) is 3.20. The second-order valence-electron chi connectivity index (χ2n) is 3.47. The van der Waals surface area contributed by atoms with Crippen molar-refractivity contribution in [1.29, 1.82) is 0 Å². The molecule has 0 unspecified atom stereocenters. The maximum absolute atomic E-state index is 13.4. The minimum absolute atomic E-state index is 0.0278. The summed E-state index contributed by atoms with van der Waals surface area (Å²) in [5, 5.41) is 0.667. The third kappa shape index (κ3) is 2.91. The van der Waals surface area contributed by atoms with Gasteiger partial charge in [0.25, 0.3) is 0 Å². The molecule has 17 heavy (non-hydrogen) atoms. The first kappa shape index (κ1) is 11.8. The lowest BCUT2D eigenvalue weighted by atomic mass is 10.2. The number of Topliss-reactive ketones (excluding diaryl/α,β-unsaturated/α-hetero) is 1. The van der Waals surface area contributed by atoms with Gasteiger partial charge in [-0.25, -0.2) is 9.37 Å². The maximum Gasteiger partial charge on any atom is 0.161 e. The van der Waals surface area contributed by atoms with Gasteiger partial charge in [0.05, 0.1) is 0 Å². The summed E-state index contributed by atoms with van der Waals surface area (Å²) in [5.74, 6) is -0.296. The van der Waals surface area contributed by atoms with Crippen molar-refractivity contribution in [2.24, 2.45) is 0 Å². The first-order valence-corrected chi connectivity index (χ1v) is 5.88. The van der Waals surface area contributed by atoms with Gasteiger partial charge in [0.2, 0.25) is 0 Å². The van der Waals surface area contributed by atoms with Crippen LogP contribution in [0.15, 0.2) is 52.5 Å². The molecule has 0 N–H and O–H groups in total. The van der Waals surface area contributed by atoms with E-state index >= 15 is 0 Å². The van der Waals surface area contributed by atoms with Gasteiger partial charge < -0.3 is 0 Å². The van der Waals surface area contributed by atoms with Gasteiger partial charge in [0, 0.05) is 16.7 Å². The van der Waals surface area contributed by atoms with Crippen LogP contribution in [0.5, 0.6) is 0 Å². The van der Waals surface area contributed by atoms with Crippen molar-refractivity contribution in [3.8, 4) is 0 Å². The van der Waals surface area contributed by atoms with Crippen molar-refractivity contribution in [2.75, 3.05) is 0 Å². The normalized spacial score (nSPS) is 10.2. The number of pyridine rings is 1. The summed E-state index contributed by atoms with van der Waals surface area (Å²) in [6.07, 6.45) is 1.51. The SMILES string of the molecule is CC(=O)c1ccc(Sc2ccccc2F)nc1. The fraction of sp³-hybridized carbons (Fsp3) is 0.0769. The standard InChI is InChI=1S/C13H10FNOS/c1-9(16)10-6-7-13(15-8-10)17-12-5-3-2-4-11(12)14/h2-8H,1H3. The smallest absolute Gasteiger partial charge is 0.161 e. The molecule has 2 nitrogen and oxygen atoms in total. The van der Waals surface area contributed by atoms with Crippen LogP contribution in [0.3, 0.4) is 0 Å². The van der Waals surface area contributed by atoms with Crippen LogP contribution < -0.4 is 0 Å². The quantitative estimate of drug-likeness (QED) is 0.776. The molecule has 0 atom stereocenters. The molecule has 0 spiro atoms. The van der Waals surface area contributed by atoms with Gasteiger partial charge in [0.15, 0.2) is 5.78 Å². The summed E-state index contributed by atoms with van der Waals surface area (Å²) in [7, 11) is 0. The van der Waals surface area contributed by atoms with E-state index in [-0.39, 0.29) is 11.6 Å². The summed E-state index contributed by atoms with van der Waals surface area (Å²) in [6, 6.07) is 9.93. The maximum atomic E-state index is 13.4. The zero-order valence-electron chi connectivity index (χ0n) is 9.18. The van der Waals surface area contributed by atoms with Crippen LogP contribution in [0.25, 0.3) is 0 Å². The monoisotopic (exact) mass is 247 g/mol. The molecule has 0 saturated heterocycles. The minimum Gasteiger partial charge on any atom is -0.294 e. The molecule has 86 valence electrons. The van der Waals surface area contributed by atoms with Crippen LogP contribution in [0.2, 0.25) is 0 Å². The molecule has 2 aromatic rings. The van der Waals surface area contributed by atoms with E-state index in [4.69, 9.17) is 0 Å². The average Bonchev–Trinajstić information content (AvgIpc) is 2.33. The second kappa shape index (κ2) is 5.10. The number of ketones is 1. The van der Waals surface area contributed by atoms with Crippen molar-refractivity contribution < 1.29 is 9.18 Å². The van der Waals surface area contributed by atoms with Gasteiger partial charge in [-0.15, -0.1) is 0 Å². The molecule has 0 bridgehead atoms. The molecule has 1 aromatic heterocycles. The Morgan fingerprint density at radius 2 is 2.00 bits per heavy atom. The Morgan fingerprint density at radius 3 is 2.59 bits per heavy atom. The van der Waals surface area contributed by atoms with Crippen molar-refractivity contribution in [3.63, 3.8) is 0 Å². The summed E-state index contributed by atoms with van der Waals surface area (Å²) in [5.41, 5.74) is 0.558. The largest absolute Gasteiger partial charge is 0.294 e. The minimum atomic E-state index is -0.269. The lowest BCUT2D eigenvalue weighted by Crippen LogP contribution is -1.93. The molecule has 0 fully saturated rings. The second-order valence-corrected chi connectivity index (χ2v) is 4.54. The van der Waals surface area contributed by atoms with Crippen LogP contribution in [0.1, 0.15) is 17.3 Å². The summed E-state index contributed by atoms with van der Waals surface area (Å²) in [6.45, 7) is 1.49. The molecular formula is C13H10FNOS. The Balaban J connectivity index is 2.20. The predicted octanol–water partition coefficient (Wildman–Crippen LogP) is 3.57. The van der Waals surface area contributed by atoms with Crippen molar-refractivity contribution in [3.05, 3.63) is 54.0 Å². The number of rotatable bonds is 3. The van der Waals surface area contributed by atoms with E-state index < -0.39 is 0 Å². The van der Waals surface area contributed by atoms with Crippen LogP contribution in [0, 0.1) is 5.82 Å². The van der Waals surface area contributed by atoms with E-state index in [0.29, 0.717) is 15.5 Å². The topological polar surface area (TPSA) is 30.0 Å². The van der Waals surface area contributed by atoms with E-state index in [1.165, 1.54) is 30.9 Å². The van der Waals surface area contributed by atoms with Crippen molar-refractivity contribution >= 4 is 17.5 Å². The molecule has 0 aliphatic heterocycles. The number of aromatic nitrogens is 1. The number of nitrogens with zero attached hydrogens (tertiary/aromatic N) is 1. The molecule has 0 radical (unpaired) electrons. The zero-order chi connectivity index (χ0) is 12.3. The van der Waals surface area contributed by atoms with Gasteiger partial charge >= 0.3 is 0 Å². The highest BCUT2D eigenvalue weighted by Crippen LogP contribution is 2.27. The van der Waals surface area contributed by atoms with E-state index in [1.54, 1.807) is 30.3 Å². The van der Waals surface area contributed by atoms with Gasteiger partial charge in [-0.1, -0.05) is 23.9 Å². The van der Waals surface area contributed by atoms with Gasteiger partial charge in [-0.2, -0.15) is 0 Å². The Bertz CT molecular complexity index is 539. The van der Waals surface area contributed by atoms with Crippen LogP contribution in [-0.2, 0) is 0 Å². The molecule has 1 heterocycles. The van der Waals surface area contributed by atoms with E-state index in [1.807, 2.05) is 0 Å². The molecule has 0 aliphatic carbocycles. The molecule has 0 saturated carbocycles. The van der Waals surface area contributed by atoms with Crippen molar-refractivity contribution in [2.45, 2.75) is 16.8 Å². The molecule has 4 heteroatoms. The van der Waals surface area contributed by atoms with Gasteiger partial charge in [-0.05, 0) is 31.2 Å². The molecular weight excluding hydrogens is 237 g/mol. The Morgan fingerprint density at radius 1 is 1.24 bits per heavy atom. The van der Waals surface area contributed by atoms with Crippen molar-refractivity contribution in [1.82, 2.24) is 4.98 Å². The van der Waals surface area contributed by atoms with Gasteiger partial charge in [-0.3, -0.25) is 4.79 Å². The van der Waals surface area contributed by atoms with Gasteiger partial charge in [0.1, 0.15) is 10.8 Å². The summed E-state index contributed by atoms with van der Waals surface area (Å²) in [4.78, 5) is 15.7. The molecule has 1 aromatic carbocycles.